The number of carboxylic acid groups (broad SMARTS) is 2. The van der Waals surface area contributed by atoms with Gasteiger partial charge in [-0.3, -0.25) is 0 Å². The van der Waals surface area contributed by atoms with Gasteiger partial charge >= 0.3 is 11.9 Å². The summed E-state index contributed by atoms with van der Waals surface area (Å²) >= 11 is 0. The second-order valence-corrected chi connectivity index (χ2v) is 8.72. The zero-order valence-electron chi connectivity index (χ0n) is 21.5. The van der Waals surface area contributed by atoms with E-state index in [9.17, 15) is 9.59 Å². The average molecular weight is 508 g/mol. The van der Waals surface area contributed by atoms with E-state index < -0.39 is 11.9 Å². The van der Waals surface area contributed by atoms with E-state index in [1.54, 1.807) is 12.2 Å². The Hall–Kier alpha value is -1.06. The van der Waals surface area contributed by atoms with E-state index >= 15 is 0 Å². The molecule has 2 N–H and O–H groups in total. The molecule has 0 unspecified atom stereocenters. The van der Waals surface area contributed by atoms with Crippen LogP contribution in [0.3, 0.4) is 0 Å². The molecule has 0 fully saturated rings. The van der Waals surface area contributed by atoms with E-state index in [4.69, 9.17) is 10.2 Å². The maximum Gasteiger partial charge on any atom is 0.327 e. The average Bonchev–Trinajstić information content (AvgIpc) is 2.76. The fourth-order valence-electron chi connectivity index (χ4n) is 3.51. The van der Waals surface area contributed by atoms with Crippen LogP contribution in [0, 0.1) is 0 Å². The van der Waals surface area contributed by atoms with Gasteiger partial charge in [0, 0.05) is 29.2 Å². The largest absolute Gasteiger partial charge is 0.478 e. The first-order valence-electron chi connectivity index (χ1n) is 13.3. The van der Waals surface area contributed by atoms with Crippen LogP contribution in [0.15, 0.2) is 24.3 Å². The Morgan fingerprint density at radius 2 is 0.727 bits per heavy atom. The maximum atomic E-state index is 10.2. The molecule has 0 aliphatic rings. The van der Waals surface area contributed by atoms with Crippen LogP contribution in [-0.4, -0.2) is 22.2 Å². The van der Waals surface area contributed by atoms with Gasteiger partial charge in [0.2, 0.25) is 0 Å². The Bertz CT molecular complexity index is 419. The van der Waals surface area contributed by atoms with Crippen molar-refractivity contribution < 1.29 is 36.9 Å². The second-order valence-electron chi connectivity index (χ2n) is 8.72. The summed E-state index contributed by atoms with van der Waals surface area (Å²) in [6, 6.07) is 0. The third-order valence-electron chi connectivity index (χ3n) is 5.47. The first kappa shape index (κ1) is 36.5. The SMILES string of the molecule is CCCCCCCCCCCC=CC(=O)O.CCCCCCCCCCCC=CC(=O)O.[Mn]. The zero-order valence-corrected chi connectivity index (χ0v) is 22.7. The molecule has 33 heavy (non-hydrogen) atoms. The van der Waals surface area contributed by atoms with E-state index in [0.29, 0.717) is 0 Å². The molecule has 0 aromatic carbocycles. The van der Waals surface area contributed by atoms with E-state index in [0.717, 1.165) is 25.7 Å². The van der Waals surface area contributed by atoms with Crippen LogP contribution in [0.5, 0.6) is 0 Å². The Kier molecular flexibility index (Phi) is 36.6. The molecule has 1 radical (unpaired) electrons. The normalized spacial score (nSPS) is 10.7. The first-order chi connectivity index (χ1) is 15.5. The number of rotatable bonds is 22. The van der Waals surface area contributed by atoms with Gasteiger partial charge in [-0.15, -0.1) is 0 Å². The van der Waals surface area contributed by atoms with Crippen molar-refractivity contribution in [1.29, 1.82) is 0 Å². The monoisotopic (exact) mass is 507 g/mol. The minimum absolute atomic E-state index is 0. The smallest absolute Gasteiger partial charge is 0.327 e. The minimum Gasteiger partial charge on any atom is -0.478 e. The number of hydrogen-bond donors (Lipinski definition) is 2. The molecule has 0 aliphatic heterocycles. The van der Waals surface area contributed by atoms with Crippen LogP contribution in [-0.2, 0) is 26.7 Å². The summed E-state index contributed by atoms with van der Waals surface area (Å²) in [5.74, 6) is -1.67. The predicted octanol–water partition coefficient (Wildman–Crippen LogP) is 9.09. The molecule has 0 aliphatic carbocycles. The summed E-state index contributed by atoms with van der Waals surface area (Å²) in [5.41, 5.74) is 0. The van der Waals surface area contributed by atoms with Crippen molar-refractivity contribution in [3.63, 3.8) is 0 Å². The van der Waals surface area contributed by atoms with Gasteiger partial charge < -0.3 is 10.2 Å². The Labute approximate surface area is 215 Å². The molecule has 0 saturated carbocycles. The van der Waals surface area contributed by atoms with Crippen LogP contribution in [0.4, 0.5) is 0 Å². The van der Waals surface area contributed by atoms with Crippen LogP contribution >= 0.6 is 0 Å². The van der Waals surface area contributed by atoms with Gasteiger partial charge in [-0.1, -0.05) is 129 Å². The van der Waals surface area contributed by atoms with Crippen LogP contribution in [0.25, 0.3) is 0 Å². The first-order valence-corrected chi connectivity index (χ1v) is 13.3. The summed E-state index contributed by atoms with van der Waals surface area (Å²) in [7, 11) is 0. The van der Waals surface area contributed by atoms with Crippen LogP contribution in [0.1, 0.15) is 142 Å². The summed E-state index contributed by atoms with van der Waals surface area (Å²) in [4.78, 5) is 20.3. The molecule has 0 rings (SSSR count). The second kappa shape index (κ2) is 33.1. The summed E-state index contributed by atoms with van der Waals surface area (Å²) < 4.78 is 0. The van der Waals surface area contributed by atoms with Crippen molar-refractivity contribution in [2.24, 2.45) is 0 Å². The molecule has 0 aromatic heterocycles. The number of carboxylic acids is 2. The Morgan fingerprint density at radius 1 is 0.485 bits per heavy atom. The van der Waals surface area contributed by atoms with Crippen molar-refractivity contribution in [3.05, 3.63) is 24.3 Å². The molecular weight excluding hydrogens is 455 g/mol. The van der Waals surface area contributed by atoms with Gasteiger partial charge in [0.15, 0.2) is 0 Å². The molecule has 0 atom stereocenters. The Balaban J connectivity index is -0.000000529. The molecular formula is C28H52MnO4. The van der Waals surface area contributed by atoms with Gasteiger partial charge in [0.25, 0.3) is 0 Å². The number of unbranched alkanes of at least 4 members (excludes halogenated alkanes) is 18. The number of carbonyl (C=O) groups is 2. The molecule has 0 bridgehead atoms. The van der Waals surface area contributed by atoms with Crippen molar-refractivity contribution in [2.45, 2.75) is 142 Å². The van der Waals surface area contributed by atoms with E-state index in [1.807, 2.05) is 0 Å². The van der Waals surface area contributed by atoms with Gasteiger partial charge in [0.1, 0.15) is 0 Å². The predicted molar refractivity (Wildman–Crippen MR) is 137 cm³/mol. The van der Waals surface area contributed by atoms with Gasteiger partial charge in [-0.2, -0.15) is 0 Å². The number of hydrogen-bond acceptors (Lipinski definition) is 2. The van der Waals surface area contributed by atoms with E-state index in [2.05, 4.69) is 13.8 Å². The third-order valence-corrected chi connectivity index (χ3v) is 5.47. The molecule has 0 amide bonds. The topological polar surface area (TPSA) is 74.6 Å². The van der Waals surface area contributed by atoms with Crippen molar-refractivity contribution in [2.75, 3.05) is 0 Å². The quantitative estimate of drug-likeness (QED) is 0.0870. The van der Waals surface area contributed by atoms with Gasteiger partial charge in [0.05, 0.1) is 0 Å². The minimum atomic E-state index is -0.837. The summed E-state index contributed by atoms with van der Waals surface area (Å²) in [5, 5.41) is 16.7. The Morgan fingerprint density at radius 3 is 0.970 bits per heavy atom. The fraction of sp³-hybridized carbons (Fsp3) is 0.786. The number of allylic oxidation sites excluding steroid dienone is 2. The van der Waals surface area contributed by atoms with E-state index in [1.165, 1.54) is 115 Å². The number of aliphatic carboxylic acids is 2. The summed E-state index contributed by atoms with van der Waals surface area (Å²) in [6.07, 6.45) is 31.4. The zero-order chi connectivity index (χ0) is 24.1. The molecule has 0 aromatic rings. The van der Waals surface area contributed by atoms with Crippen LogP contribution in [0.2, 0.25) is 0 Å². The van der Waals surface area contributed by atoms with Crippen LogP contribution < -0.4 is 0 Å². The van der Waals surface area contributed by atoms with Crippen molar-refractivity contribution >= 4 is 11.9 Å². The third kappa shape index (κ3) is 41.7. The van der Waals surface area contributed by atoms with Gasteiger partial charge in [-0.05, 0) is 25.7 Å². The fourth-order valence-corrected chi connectivity index (χ4v) is 3.51. The van der Waals surface area contributed by atoms with E-state index in [-0.39, 0.29) is 17.1 Å². The molecule has 0 saturated heterocycles. The molecule has 5 heteroatoms. The standard InChI is InChI=1S/2C14H26O2.Mn/c2*1-2-3-4-5-6-7-8-9-10-11-12-13-14(15)16;/h2*12-13H,2-11H2,1H3,(H,15,16);. The molecule has 195 valence electrons. The molecule has 4 nitrogen and oxygen atoms in total. The molecule has 0 heterocycles. The molecule has 0 spiro atoms. The van der Waals surface area contributed by atoms with Crippen molar-refractivity contribution in [1.82, 2.24) is 0 Å². The maximum absolute atomic E-state index is 10.2. The summed E-state index contributed by atoms with van der Waals surface area (Å²) in [6.45, 7) is 4.48. The van der Waals surface area contributed by atoms with Crippen molar-refractivity contribution in [3.8, 4) is 0 Å². The van der Waals surface area contributed by atoms with Gasteiger partial charge in [-0.25, -0.2) is 9.59 Å².